The van der Waals surface area contributed by atoms with Gasteiger partial charge in [0.15, 0.2) is 10.9 Å². The summed E-state index contributed by atoms with van der Waals surface area (Å²) in [6.07, 6.45) is 10.0. The van der Waals surface area contributed by atoms with Crippen molar-refractivity contribution in [3.05, 3.63) is 11.6 Å². The third-order valence-corrected chi connectivity index (χ3v) is 10.7. The minimum atomic E-state index is -0.287. The van der Waals surface area contributed by atoms with Crippen molar-refractivity contribution in [1.29, 1.82) is 0 Å². The molecule has 7 heteroatoms. The molecule has 3 saturated carbocycles. The Kier molecular flexibility index (Phi) is 6.99. The van der Waals surface area contributed by atoms with Crippen LogP contribution in [0.25, 0.3) is 0 Å². The number of rotatable bonds is 1. The zero-order valence-electron chi connectivity index (χ0n) is 18.5. The van der Waals surface area contributed by atoms with Gasteiger partial charge >= 0.3 is 5.97 Å². The molecule has 0 aromatic heterocycles. The first-order chi connectivity index (χ1) is 14.7. The molecule has 4 fully saturated rings. The van der Waals surface area contributed by atoms with Gasteiger partial charge in [-0.05, 0) is 74.2 Å². The van der Waals surface area contributed by atoms with Gasteiger partial charge in [0.25, 0.3) is 0 Å². The van der Waals surface area contributed by atoms with Crippen LogP contribution in [0.1, 0.15) is 78.6 Å². The maximum atomic E-state index is 12.2. The molecule has 5 rings (SSSR count). The number of carbonyl (C=O) groups excluding carboxylic acids is 3. The highest BCUT2D eigenvalue weighted by Gasteiger charge is 2.68. The molecule has 1 spiro atoms. The number of fused-ring (bicyclic) bond motifs is 6. The van der Waals surface area contributed by atoms with Crippen molar-refractivity contribution in [2.45, 2.75) is 89.4 Å². The summed E-state index contributed by atoms with van der Waals surface area (Å²) in [4.78, 5) is 36.4. The van der Waals surface area contributed by atoms with Crippen molar-refractivity contribution in [1.82, 2.24) is 0 Å². The monoisotopic (exact) mass is 670 g/mol. The lowest BCUT2D eigenvalue weighted by atomic mass is 9.46. The van der Waals surface area contributed by atoms with E-state index < -0.39 is 0 Å². The van der Waals surface area contributed by atoms with E-state index in [9.17, 15) is 14.4 Å². The third kappa shape index (κ3) is 3.78. The van der Waals surface area contributed by atoms with Gasteiger partial charge < -0.3 is 4.74 Å². The Morgan fingerprint density at radius 2 is 1.77 bits per heavy atom. The van der Waals surface area contributed by atoms with Crippen molar-refractivity contribution in [3.63, 3.8) is 0 Å². The van der Waals surface area contributed by atoms with E-state index in [0.717, 1.165) is 44.9 Å². The van der Waals surface area contributed by atoms with Gasteiger partial charge in [-0.2, -0.15) is 0 Å². The average Bonchev–Trinajstić information content (AvgIpc) is 3.25. The van der Waals surface area contributed by atoms with E-state index in [-0.39, 0.29) is 38.5 Å². The lowest BCUT2D eigenvalue weighted by Crippen LogP contribution is -2.57. The maximum absolute atomic E-state index is 12.2. The van der Waals surface area contributed by atoms with Crippen LogP contribution in [0.3, 0.4) is 0 Å². The molecule has 0 N–H and O–H groups in total. The number of thioether (sulfide) groups is 1. The van der Waals surface area contributed by atoms with Gasteiger partial charge in [0.1, 0.15) is 5.60 Å². The number of halogens is 2. The van der Waals surface area contributed by atoms with Crippen LogP contribution >= 0.6 is 49.0 Å². The van der Waals surface area contributed by atoms with Crippen molar-refractivity contribution in [3.8, 4) is 0 Å². The predicted molar refractivity (Wildman–Crippen MR) is 140 cm³/mol. The quantitative estimate of drug-likeness (QED) is 0.232. The second-order valence-corrected chi connectivity index (χ2v) is 12.1. The van der Waals surface area contributed by atoms with Crippen LogP contribution in [0.15, 0.2) is 11.6 Å². The molecule has 1 saturated heterocycles. The molecule has 7 atom stereocenters. The summed E-state index contributed by atoms with van der Waals surface area (Å²) >= 11 is 5.74. The Balaban J connectivity index is 0.00000112. The molecular formula is C24H32I2O4S. The topological polar surface area (TPSA) is 60.4 Å². The normalized spacial score (nSPS) is 45.6. The number of hydrogen-bond donors (Lipinski definition) is 0. The van der Waals surface area contributed by atoms with Gasteiger partial charge in [0, 0.05) is 67.7 Å². The number of esters is 1. The average molecular weight is 670 g/mol. The van der Waals surface area contributed by atoms with Gasteiger partial charge in [-0.3, -0.25) is 14.4 Å². The highest BCUT2D eigenvalue weighted by Crippen LogP contribution is 2.70. The van der Waals surface area contributed by atoms with E-state index in [2.05, 4.69) is 51.1 Å². The zero-order chi connectivity index (χ0) is 22.6. The molecule has 5 aliphatic rings. The van der Waals surface area contributed by atoms with Crippen LogP contribution in [0.5, 0.6) is 0 Å². The largest absolute Gasteiger partial charge is 0.458 e. The predicted octanol–water partition coefficient (Wildman–Crippen LogP) is 6.62. The minimum Gasteiger partial charge on any atom is -0.458 e. The lowest BCUT2D eigenvalue weighted by Gasteiger charge is -2.61. The summed E-state index contributed by atoms with van der Waals surface area (Å²) in [5, 5.41) is 0.409. The Bertz CT molecular complexity index is 828. The first kappa shape index (κ1) is 24.5. The Morgan fingerprint density at radius 1 is 1.06 bits per heavy atom. The summed E-state index contributed by atoms with van der Waals surface area (Å²) in [5.41, 5.74) is 1.09. The molecular weight excluding hydrogens is 638 g/mol. The second-order valence-electron chi connectivity index (χ2n) is 10.7. The standard InChI is InChI=1S/C24H32O4S.I2/c1-14(25)29-19-13-15-12-16(26)4-8-22(15,2)17-5-9-23(3)18(21(17)19)6-10-24(23)11-7-20(27)28-24;1-2/h12,17-19,21H,4-11,13H2,1-3H3;/t17?,18?,19-,21?,22+,23+,24-;/m1./s1. The maximum Gasteiger partial charge on any atom is 0.306 e. The van der Waals surface area contributed by atoms with Crippen LogP contribution in [0.2, 0.25) is 0 Å². The van der Waals surface area contributed by atoms with Crippen LogP contribution in [-0.2, 0) is 19.1 Å². The number of ether oxygens (including phenoxy) is 1. The molecule has 0 radical (unpaired) electrons. The fraction of sp³-hybridized carbons (Fsp3) is 0.792. The van der Waals surface area contributed by atoms with E-state index in [1.807, 2.05) is 6.08 Å². The zero-order valence-corrected chi connectivity index (χ0v) is 23.7. The third-order valence-electron chi connectivity index (χ3n) is 9.61. The Morgan fingerprint density at radius 3 is 2.42 bits per heavy atom. The minimum absolute atomic E-state index is 0.0119. The van der Waals surface area contributed by atoms with Gasteiger partial charge in [0.2, 0.25) is 0 Å². The van der Waals surface area contributed by atoms with Crippen molar-refractivity contribution in [2.75, 3.05) is 0 Å². The van der Waals surface area contributed by atoms with Gasteiger partial charge in [0.05, 0.1) is 0 Å². The molecule has 31 heavy (non-hydrogen) atoms. The molecule has 0 aromatic carbocycles. The SMILES string of the molecule is CC(=O)S[C@@H]1CC2=CC(=O)CC[C@]2(C)C2CC[C@@]3(C)C(CC[C@@]34CCC(=O)O4)C21.II. The van der Waals surface area contributed by atoms with Gasteiger partial charge in [-0.25, -0.2) is 0 Å². The van der Waals surface area contributed by atoms with E-state index in [1.54, 1.807) is 6.92 Å². The van der Waals surface area contributed by atoms with E-state index in [4.69, 9.17) is 4.74 Å². The molecule has 3 unspecified atom stereocenters. The van der Waals surface area contributed by atoms with Crippen LogP contribution in [0.4, 0.5) is 0 Å². The first-order valence-corrected chi connectivity index (χ1v) is 18.6. The van der Waals surface area contributed by atoms with E-state index >= 15 is 0 Å². The molecule has 4 nitrogen and oxygen atoms in total. The molecule has 1 heterocycles. The van der Waals surface area contributed by atoms with Crippen LogP contribution < -0.4 is 0 Å². The number of ketones is 1. The van der Waals surface area contributed by atoms with Crippen molar-refractivity contribution < 1.29 is 19.1 Å². The number of hydrogen-bond acceptors (Lipinski definition) is 5. The summed E-state index contributed by atoms with van der Waals surface area (Å²) in [7, 11) is 0. The summed E-state index contributed by atoms with van der Waals surface area (Å²) in [6.45, 7) is 6.42. The number of carbonyl (C=O) groups is 3. The lowest BCUT2D eigenvalue weighted by molar-refractivity contribution is -0.167. The summed E-state index contributed by atoms with van der Waals surface area (Å²) in [6, 6.07) is 0. The number of allylic oxidation sites excluding steroid dienone is 1. The van der Waals surface area contributed by atoms with Crippen molar-refractivity contribution in [2.24, 2.45) is 28.6 Å². The Labute approximate surface area is 213 Å². The second kappa shape index (κ2) is 8.86. The fourth-order valence-corrected chi connectivity index (χ4v) is 9.36. The van der Waals surface area contributed by atoms with Crippen molar-refractivity contribution >= 4 is 65.9 Å². The summed E-state index contributed by atoms with van der Waals surface area (Å²) in [5.74, 6) is 1.67. The van der Waals surface area contributed by atoms with Gasteiger partial charge in [-0.15, -0.1) is 0 Å². The molecule has 4 aliphatic carbocycles. The Hall–Kier alpha value is 0.360. The summed E-state index contributed by atoms with van der Waals surface area (Å²) < 4.78 is 6.06. The molecule has 0 bridgehead atoms. The highest BCUT2D eigenvalue weighted by atomic mass is 128. The van der Waals surface area contributed by atoms with E-state index in [1.165, 1.54) is 17.3 Å². The smallest absolute Gasteiger partial charge is 0.306 e. The molecule has 1 aliphatic heterocycles. The molecule has 0 amide bonds. The van der Waals surface area contributed by atoms with Crippen LogP contribution in [0, 0.1) is 28.6 Å². The first-order valence-electron chi connectivity index (χ1n) is 11.5. The van der Waals surface area contributed by atoms with Gasteiger partial charge in [-0.1, -0.05) is 31.2 Å². The fourth-order valence-electron chi connectivity index (χ4n) is 8.13. The highest BCUT2D eigenvalue weighted by molar-refractivity contribution is 15.0. The molecule has 0 aromatic rings. The molecule has 172 valence electrons. The van der Waals surface area contributed by atoms with E-state index in [0.29, 0.717) is 30.6 Å². The van der Waals surface area contributed by atoms with Crippen LogP contribution in [-0.4, -0.2) is 27.7 Å².